The van der Waals surface area contributed by atoms with Gasteiger partial charge in [0.05, 0.1) is 0 Å². The molecule has 0 aliphatic carbocycles. The fourth-order valence-corrected chi connectivity index (χ4v) is 3.13. The van der Waals surface area contributed by atoms with E-state index in [1.165, 1.54) is 4.90 Å². The Bertz CT molecular complexity index is 433. The van der Waals surface area contributed by atoms with E-state index in [0.29, 0.717) is 6.42 Å². The average Bonchev–Trinajstić information content (AvgIpc) is 2.09. The Labute approximate surface area is 121 Å². The molecule has 1 aliphatic rings. The van der Waals surface area contributed by atoms with Gasteiger partial charge in [0, 0.05) is 5.54 Å². The number of urea groups is 1. The topological polar surface area (TPSA) is 66.5 Å². The molecule has 5 nitrogen and oxygen atoms in total. The lowest BCUT2D eigenvalue weighted by molar-refractivity contribution is -0.148. The van der Waals surface area contributed by atoms with Gasteiger partial charge in [0.2, 0.25) is 11.8 Å². The van der Waals surface area contributed by atoms with Crippen molar-refractivity contribution >= 4 is 17.8 Å². The standard InChI is InChI=1S/C15H26N2O3/c1-9(2)10-11(18)16-13(20)17(12(10)19)15(6,7)8-14(3,4)5/h9-10H,8H2,1-7H3,(H,16,18,20). The van der Waals surface area contributed by atoms with Gasteiger partial charge in [-0.2, -0.15) is 0 Å². The summed E-state index contributed by atoms with van der Waals surface area (Å²) < 4.78 is 0. The summed E-state index contributed by atoms with van der Waals surface area (Å²) in [6.07, 6.45) is 0.665. The van der Waals surface area contributed by atoms with Crippen molar-refractivity contribution in [3.63, 3.8) is 0 Å². The minimum absolute atomic E-state index is 0.0289. The first kappa shape index (κ1) is 16.7. The van der Waals surface area contributed by atoms with Crippen LogP contribution in [-0.4, -0.2) is 28.3 Å². The van der Waals surface area contributed by atoms with E-state index >= 15 is 0 Å². The van der Waals surface area contributed by atoms with Crippen molar-refractivity contribution < 1.29 is 14.4 Å². The third-order valence-corrected chi connectivity index (χ3v) is 3.44. The maximum absolute atomic E-state index is 12.6. The van der Waals surface area contributed by atoms with Crippen LogP contribution in [0.2, 0.25) is 0 Å². The first-order valence-electron chi connectivity index (χ1n) is 7.06. The fourth-order valence-electron chi connectivity index (χ4n) is 3.13. The van der Waals surface area contributed by atoms with Gasteiger partial charge in [-0.15, -0.1) is 0 Å². The Kier molecular flexibility index (Phi) is 4.32. The van der Waals surface area contributed by atoms with Crippen molar-refractivity contribution in [2.75, 3.05) is 0 Å². The summed E-state index contributed by atoms with van der Waals surface area (Å²) >= 11 is 0. The van der Waals surface area contributed by atoms with E-state index in [-0.39, 0.29) is 17.2 Å². The number of rotatable bonds is 3. The summed E-state index contributed by atoms with van der Waals surface area (Å²) in [6, 6.07) is -0.605. The molecule has 0 spiro atoms. The third kappa shape index (κ3) is 3.38. The van der Waals surface area contributed by atoms with Crippen LogP contribution in [0.15, 0.2) is 0 Å². The lowest BCUT2D eigenvalue weighted by Gasteiger charge is -2.44. The van der Waals surface area contributed by atoms with E-state index in [0.717, 1.165) is 0 Å². The van der Waals surface area contributed by atoms with Crippen molar-refractivity contribution in [3.8, 4) is 0 Å². The highest BCUT2D eigenvalue weighted by Gasteiger charge is 2.48. The van der Waals surface area contributed by atoms with Gasteiger partial charge >= 0.3 is 6.03 Å². The molecule has 0 bridgehead atoms. The summed E-state index contributed by atoms with van der Waals surface area (Å²) in [6.45, 7) is 13.5. The number of amides is 4. The predicted octanol–water partition coefficient (Wildman–Crippen LogP) is 2.55. The second-order valence-electron chi connectivity index (χ2n) is 7.74. The van der Waals surface area contributed by atoms with Crippen molar-refractivity contribution in [1.82, 2.24) is 10.2 Å². The molecule has 0 aromatic rings. The van der Waals surface area contributed by atoms with E-state index < -0.39 is 23.4 Å². The molecule has 0 aromatic carbocycles. The quantitative estimate of drug-likeness (QED) is 0.809. The Balaban J connectivity index is 3.12. The average molecular weight is 282 g/mol. The largest absolute Gasteiger partial charge is 0.331 e. The van der Waals surface area contributed by atoms with E-state index in [4.69, 9.17) is 0 Å². The van der Waals surface area contributed by atoms with Crippen molar-refractivity contribution in [2.45, 2.75) is 60.4 Å². The summed E-state index contributed by atoms with van der Waals surface area (Å²) in [5.41, 5.74) is -0.661. The summed E-state index contributed by atoms with van der Waals surface area (Å²) in [4.78, 5) is 37.7. The van der Waals surface area contributed by atoms with Crippen LogP contribution in [0.3, 0.4) is 0 Å². The van der Waals surface area contributed by atoms with Crippen LogP contribution < -0.4 is 5.32 Å². The molecular formula is C15H26N2O3. The maximum atomic E-state index is 12.6. The monoisotopic (exact) mass is 282 g/mol. The van der Waals surface area contributed by atoms with E-state index in [9.17, 15) is 14.4 Å². The van der Waals surface area contributed by atoms with Gasteiger partial charge in [-0.25, -0.2) is 4.79 Å². The molecule has 1 fully saturated rings. The van der Waals surface area contributed by atoms with Gasteiger partial charge in [-0.1, -0.05) is 34.6 Å². The van der Waals surface area contributed by atoms with E-state index in [2.05, 4.69) is 26.1 Å². The Morgan fingerprint density at radius 2 is 1.60 bits per heavy atom. The number of carbonyl (C=O) groups is 3. The molecule has 4 amide bonds. The molecule has 114 valence electrons. The van der Waals surface area contributed by atoms with Crippen LogP contribution >= 0.6 is 0 Å². The van der Waals surface area contributed by atoms with Gasteiger partial charge < -0.3 is 0 Å². The molecular weight excluding hydrogens is 256 g/mol. The minimum atomic E-state index is -0.785. The van der Waals surface area contributed by atoms with Gasteiger partial charge in [0.25, 0.3) is 0 Å². The smallest absolute Gasteiger partial charge is 0.277 e. The van der Waals surface area contributed by atoms with Crippen molar-refractivity contribution in [3.05, 3.63) is 0 Å². The first-order chi connectivity index (χ1) is 8.87. The Morgan fingerprint density at radius 1 is 1.10 bits per heavy atom. The molecule has 1 rings (SSSR count). The molecule has 1 atom stereocenters. The summed E-state index contributed by atoms with van der Waals surface area (Å²) in [5.74, 6) is -1.80. The van der Waals surface area contributed by atoms with Crippen LogP contribution in [0.25, 0.3) is 0 Å². The highest BCUT2D eigenvalue weighted by Crippen LogP contribution is 2.34. The van der Waals surface area contributed by atoms with Crippen molar-refractivity contribution in [2.24, 2.45) is 17.3 Å². The molecule has 5 heteroatoms. The highest BCUT2D eigenvalue weighted by atomic mass is 16.2. The Hall–Kier alpha value is -1.39. The van der Waals surface area contributed by atoms with Gasteiger partial charge in [-0.05, 0) is 31.6 Å². The summed E-state index contributed by atoms with van der Waals surface area (Å²) in [7, 11) is 0. The molecule has 0 radical (unpaired) electrons. The molecule has 0 saturated carbocycles. The third-order valence-electron chi connectivity index (χ3n) is 3.44. The van der Waals surface area contributed by atoms with Crippen LogP contribution in [0, 0.1) is 17.3 Å². The molecule has 1 unspecified atom stereocenters. The lowest BCUT2D eigenvalue weighted by Crippen LogP contribution is -2.65. The number of nitrogens with zero attached hydrogens (tertiary/aromatic N) is 1. The van der Waals surface area contributed by atoms with Crippen LogP contribution in [0.4, 0.5) is 4.79 Å². The minimum Gasteiger partial charge on any atom is -0.277 e. The second kappa shape index (κ2) is 5.19. The van der Waals surface area contributed by atoms with Gasteiger partial charge in [0.15, 0.2) is 0 Å². The number of imide groups is 2. The predicted molar refractivity (Wildman–Crippen MR) is 76.9 cm³/mol. The zero-order valence-corrected chi connectivity index (χ0v) is 13.5. The SMILES string of the molecule is CC(C)C1C(=O)NC(=O)N(C(C)(C)CC(C)(C)C)C1=O. The van der Waals surface area contributed by atoms with E-state index in [1.54, 1.807) is 0 Å². The number of nitrogens with one attached hydrogen (secondary N) is 1. The van der Waals surface area contributed by atoms with Gasteiger partial charge in [-0.3, -0.25) is 19.8 Å². The number of hydrogen-bond acceptors (Lipinski definition) is 3. The zero-order chi connectivity index (χ0) is 15.9. The van der Waals surface area contributed by atoms with Crippen LogP contribution in [-0.2, 0) is 9.59 Å². The Morgan fingerprint density at radius 3 is 2.00 bits per heavy atom. The fraction of sp³-hybridized carbons (Fsp3) is 0.800. The zero-order valence-electron chi connectivity index (χ0n) is 13.5. The first-order valence-corrected chi connectivity index (χ1v) is 7.06. The molecule has 1 saturated heterocycles. The number of hydrogen-bond donors (Lipinski definition) is 1. The number of barbiturate groups is 1. The highest BCUT2D eigenvalue weighted by molar-refractivity contribution is 6.16. The number of carbonyl (C=O) groups excluding carboxylic acids is 3. The second-order valence-corrected chi connectivity index (χ2v) is 7.74. The lowest BCUT2D eigenvalue weighted by atomic mass is 9.79. The normalized spacial score (nSPS) is 21.5. The van der Waals surface area contributed by atoms with Crippen LogP contribution in [0.5, 0.6) is 0 Å². The molecule has 20 heavy (non-hydrogen) atoms. The molecule has 0 aromatic heterocycles. The molecule has 1 N–H and O–H groups in total. The van der Waals surface area contributed by atoms with Gasteiger partial charge in [0.1, 0.15) is 5.92 Å². The summed E-state index contributed by atoms with van der Waals surface area (Å²) in [5, 5.41) is 2.31. The van der Waals surface area contributed by atoms with Crippen LogP contribution in [0.1, 0.15) is 54.9 Å². The molecule has 1 heterocycles. The molecule has 1 aliphatic heterocycles. The van der Waals surface area contributed by atoms with E-state index in [1.807, 2.05) is 27.7 Å². The van der Waals surface area contributed by atoms with Crippen molar-refractivity contribution in [1.29, 1.82) is 0 Å². The maximum Gasteiger partial charge on any atom is 0.331 e.